The highest BCUT2D eigenvalue weighted by Crippen LogP contribution is 2.12. The lowest BCUT2D eigenvalue weighted by atomic mass is 10.1. The third-order valence-electron chi connectivity index (χ3n) is 2.96. The smallest absolute Gasteiger partial charge is 0.0991 e. The molecule has 92 valence electrons. The highest BCUT2D eigenvalue weighted by molar-refractivity contribution is 5.69. The minimum atomic E-state index is 1.12. The van der Waals surface area contributed by atoms with Crippen LogP contribution in [-0.4, -0.2) is 9.55 Å². The molecule has 3 rings (SSSR count). The number of hydrogen-bond donors (Lipinski definition) is 0. The van der Waals surface area contributed by atoms with Crippen LogP contribution < -0.4 is 0 Å². The molecule has 1 heterocycles. The van der Waals surface area contributed by atoms with E-state index in [1.165, 1.54) is 11.1 Å². The highest BCUT2D eigenvalue weighted by atomic mass is 15.0. The summed E-state index contributed by atoms with van der Waals surface area (Å²) in [7, 11) is 0. The van der Waals surface area contributed by atoms with Crippen LogP contribution >= 0.6 is 0 Å². The van der Waals surface area contributed by atoms with E-state index in [2.05, 4.69) is 53.5 Å². The third kappa shape index (κ3) is 2.80. The fraction of sp³-hybridized carbons (Fsp3) is 0. The summed E-state index contributed by atoms with van der Waals surface area (Å²) in [4.78, 5) is 4.05. The predicted molar refractivity (Wildman–Crippen MR) is 78.9 cm³/mol. The van der Waals surface area contributed by atoms with E-state index in [0.29, 0.717) is 0 Å². The van der Waals surface area contributed by atoms with Gasteiger partial charge in [-0.1, -0.05) is 54.6 Å². The molecular weight excluding hydrogens is 232 g/mol. The van der Waals surface area contributed by atoms with Crippen LogP contribution in [0.2, 0.25) is 0 Å². The van der Waals surface area contributed by atoms with Crippen molar-refractivity contribution < 1.29 is 0 Å². The average molecular weight is 246 g/mol. The Balaban J connectivity index is 1.78. The summed E-state index contributed by atoms with van der Waals surface area (Å²) in [6.45, 7) is 0. The van der Waals surface area contributed by atoms with Crippen LogP contribution in [0.3, 0.4) is 0 Å². The molecule has 0 fully saturated rings. The van der Waals surface area contributed by atoms with Crippen LogP contribution in [-0.2, 0) is 0 Å². The minimum absolute atomic E-state index is 1.12. The zero-order chi connectivity index (χ0) is 12.9. The molecule has 3 aromatic rings. The van der Waals surface area contributed by atoms with Gasteiger partial charge in [0.25, 0.3) is 0 Å². The largest absolute Gasteiger partial charge is 0.306 e. The van der Waals surface area contributed by atoms with Gasteiger partial charge in [0.15, 0.2) is 0 Å². The Morgan fingerprint density at radius 2 is 1.47 bits per heavy atom. The van der Waals surface area contributed by atoms with Gasteiger partial charge in [-0.25, -0.2) is 4.98 Å². The summed E-state index contributed by atoms with van der Waals surface area (Å²) in [6.07, 6.45) is 9.76. The molecule has 0 radical (unpaired) electrons. The van der Waals surface area contributed by atoms with Gasteiger partial charge in [0.05, 0.1) is 6.33 Å². The molecule has 0 aliphatic carbocycles. The van der Waals surface area contributed by atoms with Crippen molar-refractivity contribution in [2.45, 2.75) is 0 Å². The Kier molecular flexibility index (Phi) is 3.24. The maximum atomic E-state index is 4.05. The maximum Gasteiger partial charge on any atom is 0.0991 e. The summed E-state index contributed by atoms with van der Waals surface area (Å²) in [5.74, 6) is 0. The monoisotopic (exact) mass is 246 g/mol. The van der Waals surface area contributed by atoms with E-state index in [1.54, 1.807) is 12.5 Å². The van der Waals surface area contributed by atoms with Crippen LogP contribution in [0.25, 0.3) is 17.8 Å². The number of aromatic nitrogens is 2. The van der Waals surface area contributed by atoms with Crippen LogP contribution in [0.5, 0.6) is 0 Å². The van der Waals surface area contributed by atoms with Crippen LogP contribution in [0.4, 0.5) is 0 Å². The van der Waals surface area contributed by atoms with Crippen molar-refractivity contribution in [3.63, 3.8) is 0 Å². The lowest BCUT2D eigenvalue weighted by molar-refractivity contribution is 1.06. The Morgan fingerprint density at radius 3 is 2.11 bits per heavy atom. The zero-order valence-electron chi connectivity index (χ0n) is 10.5. The van der Waals surface area contributed by atoms with Gasteiger partial charge in [0.2, 0.25) is 0 Å². The summed E-state index contributed by atoms with van der Waals surface area (Å²) in [5.41, 5.74) is 3.52. The molecule has 2 aromatic carbocycles. The van der Waals surface area contributed by atoms with E-state index < -0.39 is 0 Å². The lowest BCUT2D eigenvalue weighted by Gasteiger charge is -2.02. The second-order valence-corrected chi connectivity index (χ2v) is 4.31. The highest BCUT2D eigenvalue weighted by Gasteiger charge is 1.94. The Bertz CT molecular complexity index is 650. The molecule has 2 heteroatoms. The Labute approximate surface area is 112 Å². The van der Waals surface area contributed by atoms with E-state index in [-0.39, 0.29) is 0 Å². The molecule has 19 heavy (non-hydrogen) atoms. The van der Waals surface area contributed by atoms with Crippen molar-refractivity contribution in [2.24, 2.45) is 0 Å². The van der Waals surface area contributed by atoms with E-state index >= 15 is 0 Å². The first-order valence-corrected chi connectivity index (χ1v) is 6.23. The average Bonchev–Trinajstić information content (AvgIpc) is 3.01. The normalized spacial score (nSPS) is 10.9. The predicted octanol–water partition coefficient (Wildman–Crippen LogP) is 4.04. The van der Waals surface area contributed by atoms with E-state index in [1.807, 2.05) is 29.0 Å². The van der Waals surface area contributed by atoms with Crippen LogP contribution in [0, 0.1) is 0 Å². The number of rotatable bonds is 3. The molecular formula is C17H14N2. The van der Waals surface area contributed by atoms with E-state index in [0.717, 1.165) is 5.69 Å². The van der Waals surface area contributed by atoms with Crippen molar-refractivity contribution in [1.82, 2.24) is 9.55 Å². The number of hydrogen-bond acceptors (Lipinski definition) is 1. The standard InChI is InChI=1S/C17H14N2/c1-2-4-15(5-3-1)6-7-16-8-10-17(11-9-16)19-13-12-18-14-19/h1-14H/b7-6+. The van der Waals surface area contributed by atoms with Crippen LogP contribution in [0.15, 0.2) is 73.3 Å². The van der Waals surface area contributed by atoms with Gasteiger partial charge in [-0.15, -0.1) is 0 Å². The molecule has 0 saturated carbocycles. The number of imidazole rings is 1. The first-order chi connectivity index (χ1) is 9.42. The van der Waals surface area contributed by atoms with Gasteiger partial charge in [-0.3, -0.25) is 0 Å². The molecule has 2 nitrogen and oxygen atoms in total. The molecule has 0 saturated heterocycles. The summed E-state index contributed by atoms with van der Waals surface area (Å²) < 4.78 is 1.99. The van der Waals surface area contributed by atoms with Crippen molar-refractivity contribution >= 4 is 12.2 Å². The quantitative estimate of drug-likeness (QED) is 0.638. The summed E-state index contributed by atoms with van der Waals surface area (Å²) >= 11 is 0. The zero-order valence-corrected chi connectivity index (χ0v) is 10.5. The SMILES string of the molecule is C(=C\c1ccc(-n2ccnc2)cc1)/c1ccccc1. The van der Waals surface area contributed by atoms with Crippen molar-refractivity contribution in [3.05, 3.63) is 84.4 Å². The number of nitrogens with zero attached hydrogens (tertiary/aromatic N) is 2. The van der Waals surface area contributed by atoms with E-state index in [4.69, 9.17) is 0 Å². The molecule has 0 aliphatic heterocycles. The fourth-order valence-corrected chi connectivity index (χ4v) is 1.93. The first kappa shape index (κ1) is 11.5. The van der Waals surface area contributed by atoms with Gasteiger partial charge in [0, 0.05) is 18.1 Å². The van der Waals surface area contributed by atoms with Gasteiger partial charge >= 0.3 is 0 Å². The van der Waals surface area contributed by atoms with Gasteiger partial charge in [-0.2, -0.15) is 0 Å². The minimum Gasteiger partial charge on any atom is -0.306 e. The number of benzene rings is 2. The molecule has 0 spiro atoms. The van der Waals surface area contributed by atoms with Gasteiger partial charge in [-0.05, 0) is 23.3 Å². The van der Waals surface area contributed by atoms with Gasteiger partial charge < -0.3 is 4.57 Å². The molecule has 0 unspecified atom stereocenters. The maximum absolute atomic E-state index is 4.05. The first-order valence-electron chi connectivity index (χ1n) is 6.23. The van der Waals surface area contributed by atoms with Crippen molar-refractivity contribution in [3.8, 4) is 5.69 Å². The Hall–Kier alpha value is -2.61. The summed E-state index contributed by atoms with van der Waals surface area (Å²) in [5, 5.41) is 0. The third-order valence-corrected chi connectivity index (χ3v) is 2.96. The molecule has 0 amide bonds. The van der Waals surface area contributed by atoms with Gasteiger partial charge in [0.1, 0.15) is 0 Å². The lowest BCUT2D eigenvalue weighted by Crippen LogP contribution is -1.88. The van der Waals surface area contributed by atoms with Crippen molar-refractivity contribution in [2.75, 3.05) is 0 Å². The molecule has 1 aromatic heterocycles. The van der Waals surface area contributed by atoms with E-state index in [9.17, 15) is 0 Å². The summed E-state index contributed by atoms with van der Waals surface area (Å²) in [6, 6.07) is 18.7. The molecule has 0 bridgehead atoms. The Morgan fingerprint density at radius 1 is 0.789 bits per heavy atom. The molecule has 0 aliphatic rings. The second kappa shape index (κ2) is 5.36. The van der Waals surface area contributed by atoms with Crippen molar-refractivity contribution in [1.29, 1.82) is 0 Å². The fourth-order valence-electron chi connectivity index (χ4n) is 1.93. The molecule has 0 atom stereocenters. The van der Waals surface area contributed by atoms with Crippen LogP contribution in [0.1, 0.15) is 11.1 Å². The molecule has 0 N–H and O–H groups in total. The topological polar surface area (TPSA) is 17.8 Å². The second-order valence-electron chi connectivity index (χ2n) is 4.31.